The van der Waals surface area contributed by atoms with Crippen molar-refractivity contribution in [2.24, 2.45) is 0 Å². The zero-order chi connectivity index (χ0) is 14.4. The number of hydrogen-bond donors (Lipinski definition) is 1. The Labute approximate surface area is 132 Å². The maximum absolute atomic E-state index is 6.09. The molecule has 2 rings (SSSR count). The average molecular weight is 359 g/mol. The van der Waals surface area contributed by atoms with Crippen LogP contribution in [0.25, 0.3) is 0 Å². The first-order chi connectivity index (χ1) is 9.69. The van der Waals surface area contributed by atoms with E-state index in [1.807, 2.05) is 18.2 Å². The van der Waals surface area contributed by atoms with E-state index in [9.17, 15) is 0 Å². The first-order valence-corrected chi connectivity index (χ1v) is 7.71. The fraction of sp³-hybridized carbons (Fsp3) is 0.333. The molecule has 1 heterocycles. The third-order valence-corrected chi connectivity index (χ3v) is 3.52. The molecule has 0 amide bonds. The summed E-state index contributed by atoms with van der Waals surface area (Å²) in [4.78, 5) is 0. The van der Waals surface area contributed by atoms with Gasteiger partial charge in [-0.3, -0.25) is 0 Å². The van der Waals surface area contributed by atoms with Crippen LogP contribution >= 0.6 is 27.5 Å². The van der Waals surface area contributed by atoms with Crippen LogP contribution in [0.1, 0.15) is 24.7 Å². The predicted molar refractivity (Wildman–Crippen MR) is 84.2 cm³/mol. The molecule has 1 aromatic carbocycles. The number of nitrogens with one attached hydrogen (secondary N) is 1. The van der Waals surface area contributed by atoms with Crippen LogP contribution in [0.15, 0.2) is 39.4 Å². The van der Waals surface area contributed by atoms with Gasteiger partial charge in [0.05, 0.1) is 11.3 Å². The van der Waals surface area contributed by atoms with Crippen LogP contribution in [0.5, 0.6) is 5.75 Å². The average Bonchev–Trinajstić information content (AvgIpc) is 2.86. The Bertz CT molecular complexity index is 557. The second kappa shape index (κ2) is 7.72. The molecule has 3 nitrogen and oxygen atoms in total. The van der Waals surface area contributed by atoms with Gasteiger partial charge in [-0.15, -0.1) is 0 Å². The lowest BCUT2D eigenvalue weighted by atomic mass is 10.3. The minimum Gasteiger partial charge on any atom is -0.484 e. The third-order valence-electron chi connectivity index (χ3n) is 2.73. The number of hydrogen-bond acceptors (Lipinski definition) is 3. The molecular weight excluding hydrogens is 342 g/mol. The molecule has 2 aromatic rings. The smallest absolute Gasteiger partial charge is 0.146 e. The second-order valence-electron chi connectivity index (χ2n) is 4.46. The summed E-state index contributed by atoms with van der Waals surface area (Å²) in [5, 5.41) is 3.91. The van der Waals surface area contributed by atoms with E-state index in [0.29, 0.717) is 17.4 Å². The molecular formula is C15H17BrClNO2. The van der Waals surface area contributed by atoms with Crippen molar-refractivity contribution in [2.45, 2.75) is 26.5 Å². The minimum absolute atomic E-state index is 0.370. The Hall–Kier alpha value is -0.970. The summed E-state index contributed by atoms with van der Waals surface area (Å²) >= 11 is 9.45. The van der Waals surface area contributed by atoms with Gasteiger partial charge in [-0.25, -0.2) is 0 Å². The zero-order valence-electron chi connectivity index (χ0n) is 11.3. The van der Waals surface area contributed by atoms with Gasteiger partial charge in [0.15, 0.2) is 0 Å². The molecule has 0 bridgehead atoms. The van der Waals surface area contributed by atoms with E-state index in [1.54, 1.807) is 12.3 Å². The van der Waals surface area contributed by atoms with Crippen LogP contribution in [-0.4, -0.2) is 6.54 Å². The first-order valence-electron chi connectivity index (χ1n) is 6.54. The summed E-state index contributed by atoms with van der Waals surface area (Å²) in [5.41, 5.74) is 1.12. The van der Waals surface area contributed by atoms with Crippen LogP contribution in [0.2, 0.25) is 5.02 Å². The molecule has 20 heavy (non-hydrogen) atoms. The lowest BCUT2D eigenvalue weighted by Crippen LogP contribution is -2.13. The highest BCUT2D eigenvalue weighted by atomic mass is 79.9. The fourth-order valence-electron chi connectivity index (χ4n) is 1.75. The van der Waals surface area contributed by atoms with Crippen molar-refractivity contribution in [3.05, 3.63) is 51.3 Å². The Kier molecular flexibility index (Phi) is 5.95. The van der Waals surface area contributed by atoms with Crippen molar-refractivity contribution >= 4 is 27.5 Å². The van der Waals surface area contributed by atoms with E-state index >= 15 is 0 Å². The molecule has 108 valence electrons. The number of rotatable bonds is 7. The quantitative estimate of drug-likeness (QED) is 0.724. The number of furan rings is 1. The van der Waals surface area contributed by atoms with Gasteiger partial charge in [0.1, 0.15) is 18.1 Å². The highest BCUT2D eigenvalue weighted by molar-refractivity contribution is 9.10. The van der Waals surface area contributed by atoms with Crippen molar-refractivity contribution in [2.75, 3.05) is 6.54 Å². The van der Waals surface area contributed by atoms with Crippen LogP contribution < -0.4 is 10.1 Å². The van der Waals surface area contributed by atoms with E-state index in [1.165, 1.54) is 0 Å². The van der Waals surface area contributed by atoms with E-state index in [0.717, 1.165) is 35.3 Å². The van der Waals surface area contributed by atoms with Gasteiger partial charge in [0.25, 0.3) is 0 Å². The Balaban J connectivity index is 1.87. The summed E-state index contributed by atoms with van der Waals surface area (Å²) in [6, 6.07) is 7.52. The largest absolute Gasteiger partial charge is 0.484 e. The fourth-order valence-corrected chi connectivity index (χ4v) is 2.47. The highest BCUT2D eigenvalue weighted by Gasteiger charge is 2.06. The molecule has 0 fully saturated rings. The van der Waals surface area contributed by atoms with Crippen molar-refractivity contribution in [3.8, 4) is 5.75 Å². The number of benzene rings is 1. The summed E-state index contributed by atoms with van der Waals surface area (Å²) in [6.07, 6.45) is 2.88. The molecule has 0 spiro atoms. The maximum atomic E-state index is 6.09. The Morgan fingerprint density at radius 2 is 2.20 bits per heavy atom. The van der Waals surface area contributed by atoms with Gasteiger partial charge >= 0.3 is 0 Å². The maximum Gasteiger partial charge on any atom is 0.146 e. The summed E-state index contributed by atoms with van der Waals surface area (Å²) in [6.45, 7) is 4.33. The van der Waals surface area contributed by atoms with Gasteiger partial charge < -0.3 is 14.5 Å². The van der Waals surface area contributed by atoms with Crippen molar-refractivity contribution < 1.29 is 9.15 Å². The zero-order valence-corrected chi connectivity index (χ0v) is 13.6. The lowest BCUT2D eigenvalue weighted by Gasteiger charge is -2.06. The standard InChI is InChI=1S/C15H17BrClNO2/c1-2-5-18-8-11-6-13(19-9-11)10-20-15-4-3-12(16)7-14(15)17/h3-4,6-7,9,18H,2,5,8,10H2,1H3. The van der Waals surface area contributed by atoms with Crippen molar-refractivity contribution in [3.63, 3.8) is 0 Å². The van der Waals surface area contributed by atoms with Crippen LogP contribution in [-0.2, 0) is 13.2 Å². The van der Waals surface area contributed by atoms with E-state index in [2.05, 4.69) is 28.2 Å². The molecule has 0 aliphatic carbocycles. The summed E-state index contributed by atoms with van der Waals surface area (Å²) in [7, 11) is 0. The molecule has 1 aromatic heterocycles. The second-order valence-corrected chi connectivity index (χ2v) is 5.78. The molecule has 5 heteroatoms. The monoisotopic (exact) mass is 357 g/mol. The van der Waals surface area contributed by atoms with Crippen LogP contribution in [0, 0.1) is 0 Å². The van der Waals surface area contributed by atoms with Gasteiger partial charge in [-0.2, -0.15) is 0 Å². The molecule has 0 aliphatic rings. The normalized spacial score (nSPS) is 10.8. The van der Waals surface area contributed by atoms with Gasteiger partial charge in [-0.1, -0.05) is 34.5 Å². The number of ether oxygens (including phenoxy) is 1. The van der Waals surface area contributed by atoms with Gasteiger partial charge in [0.2, 0.25) is 0 Å². The van der Waals surface area contributed by atoms with Crippen LogP contribution in [0.3, 0.4) is 0 Å². The van der Waals surface area contributed by atoms with Crippen molar-refractivity contribution in [1.29, 1.82) is 0 Å². The predicted octanol–water partition coefficient (Wildman–Crippen LogP) is 4.77. The van der Waals surface area contributed by atoms with Gasteiger partial charge in [0, 0.05) is 16.6 Å². The number of halogens is 2. The van der Waals surface area contributed by atoms with E-state index < -0.39 is 0 Å². The Morgan fingerprint density at radius 3 is 2.95 bits per heavy atom. The third kappa shape index (κ3) is 4.54. The van der Waals surface area contributed by atoms with Crippen LogP contribution in [0.4, 0.5) is 0 Å². The van der Waals surface area contributed by atoms with E-state index in [-0.39, 0.29) is 0 Å². The summed E-state index contributed by atoms with van der Waals surface area (Å²) in [5.74, 6) is 1.44. The van der Waals surface area contributed by atoms with Crippen molar-refractivity contribution in [1.82, 2.24) is 5.32 Å². The van der Waals surface area contributed by atoms with Gasteiger partial charge in [-0.05, 0) is 37.2 Å². The first kappa shape index (κ1) is 15.4. The SMILES string of the molecule is CCCNCc1coc(COc2ccc(Br)cc2Cl)c1. The molecule has 0 saturated carbocycles. The molecule has 1 N–H and O–H groups in total. The molecule has 0 unspecified atom stereocenters. The molecule has 0 atom stereocenters. The minimum atomic E-state index is 0.370. The molecule has 0 radical (unpaired) electrons. The van der Waals surface area contributed by atoms with E-state index in [4.69, 9.17) is 20.8 Å². The lowest BCUT2D eigenvalue weighted by molar-refractivity contribution is 0.270. The highest BCUT2D eigenvalue weighted by Crippen LogP contribution is 2.28. The molecule has 0 saturated heterocycles. The molecule has 0 aliphatic heterocycles. The Morgan fingerprint density at radius 1 is 1.35 bits per heavy atom. The topological polar surface area (TPSA) is 34.4 Å². The summed E-state index contributed by atoms with van der Waals surface area (Å²) < 4.78 is 12.0.